The minimum atomic E-state index is -1.65. The molecule has 0 aliphatic rings. The molecule has 0 aliphatic heterocycles. The van der Waals surface area contributed by atoms with E-state index < -0.39 is 54.8 Å². The van der Waals surface area contributed by atoms with Gasteiger partial charge in [-0.3, -0.25) is 29.0 Å². The second-order valence-corrected chi connectivity index (χ2v) is 8.31. The van der Waals surface area contributed by atoms with E-state index in [0.717, 1.165) is 9.80 Å². The van der Waals surface area contributed by atoms with Crippen molar-refractivity contribution in [2.24, 2.45) is 0 Å². The summed E-state index contributed by atoms with van der Waals surface area (Å²) in [7, 11) is 9.04. The van der Waals surface area contributed by atoms with Crippen LogP contribution >= 0.6 is 0 Å². The molecule has 0 heterocycles. The Morgan fingerprint density at radius 3 is 1.76 bits per heavy atom. The minimum Gasteiger partial charge on any atom is -0.665 e. The number of carbonyl (C=O) groups excluding carboxylic acids is 1. The molecule has 0 saturated heterocycles. The number of esters is 1. The van der Waals surface area contributed by atoms with Crippen LogP contribution in [-0.4, -0.2) is 94.5 Å². The average molecular weight is 617 g/mol. The smallest absolute Gasteiger partial charge is 0.325 e. The van der Waals surface area contributed by atoms with E-state index >= 15 is 0 Å². The van der Waals surface area contributed by atoms with Crippen LogP contribution in [0.3, 0.4) is 0 Å². The van der Waals surface area contributed by atoms with E-state index in [4.69, 9.17) is 14.2 Å². The number of carbonyl (C=O) groups is 4. The van der Waals surface area contributed by atoms with Crippen molar-refractivity contribution in [1.82, 2.24) is 9.80 Å². The molecule has 2 aromatic rings. The van der Waals surface area contributed by atoms with E-state index in [1.54, 1.807) is 0 Å². The van der Waals surface area contributed by atoms with E-state index in [1.165, 1.54) is 50.6 Å². The van der Waals surface area contributed by atoms with Crippen molar-refractivity contribution in [2.75, 3.05) is 40.4 Å². The first kappa shape index (κ1) is 35.0. The monoisotopic (exact) mass is 617 g/mol. The molecule has 0 bridgehead atoms. The maximum atomic E-state index is 12.4. The molecule has 0 amide bonds. The normalized spacial score (nSPS) is 12.1. The number of ether oxygens (including phenoxy) is 4. The van der Waals surface area contributed by atoms with Gasteiger partial charge in [-0.25, -0.2) is 0 Å². The molecule has 2 atom stereocenters. The predicted molar refractivity (Wildman–Crippen MR) is 137 cm³/mol. The van der Waals surface area contributed by atoms with Crippen LogP contribution in [0.1, 0.15) is 23.2 Å². The van der Waals surface area contributed by atoms with Gasteiger partial charge in [0.05, 0.1) is 33.1 Å². The summed E-state index contributed by atoms with van der Waals surface area (Å²) in [4.78, 5) is 50.9. The summed E-state index contributed by atoms with van der Waals surface area (Å²) in [6.07, 6.45) is 0. The predicted octanol–water partition coefficient (Wildman–Crippen LogP) is 1.55. The molecule has 2 aromatic carbocycles. The zero-order valence-electron chi connectivity index (χ0n) is 22.2. The Bertz CT molecular complexity index is 1220. The third kappa shape index (κ3) is 9.25. The SMILES string of the molecule is [CH2-]OC(=O)CN(CCN(CC(=O)O)C(C(=O)O)c1cc(OC)ccc1O[CH2-])[C@H](C(=O)O)c1cc(OC)ccc1O.[Mn]. The van der Waals surface area contributed by atoms with Crippen LogP contribution in [0, 0.1) is 14.2 Å². The van der Waals surface area contributed by atoms with Crippen LogP contribution in [0.15, 0.2) is 36.4 Å². The molecule has 41 heavy (non-hydrogen) atoms. The van der Waals surface area contributed by atoms with Gasteiger partial charge < -0.3 is 39.4 Å². The van der Waals surface area contributed by atoms with Crippen LogP contribution in [0.25, 0.3) is 0 Å². The molecular formula is C26H30MnN2O12-2. The van der Waals surface area contributed by atoms with Gasteiger partial charge in [-0.2, -0.15) is 14.2 Å². The Kier molecular flexibility index (Phi) is 13.9. The zero-order chi connectivity index (χ0) is 30.0. The number of rotatable bonds is 16. The van der Waals surface area contributed by atoms with Crippen LogP contribution in [-0.2, 0) is 41.0 Å². The van der Waals surface area contributed by atoms with Gasteiger partial charge in [-0.05, 0) is 36.4 Å². The van der Waals surface area contributed by atoms with Crippen molar-refractivity contribution in [3.63, 3.8) is 0 Å². The minimum absolute atomic E-state index is 0. The Morgan fingerprint density at radius 2 is 1.29 bits per heavy atom. The van der Waals surface area contributed by atoms with Gasteiger partial charge in [0.25, 0.3) is 5.97 Å². The van der Waals surface area contributed by atoms with Gasteiger partial charge in [0.2, 0.25) is 0 Å². The number of nitrogens with zero attached hydrogens (tertiary/aromatic N) is 2. The number of phenols is 1. The first-order chi connectivity index (χ1) is 19.0. The van der Waals surface area contributed by atoms with E-state index in [9.17, 15) is 39.6 Å². The third-order valence-electron chi connectivity index (χ3n) is 5.90. The van der Waals surface area contributed by atoms with Crippen molar-refractivity contribution >= 4 is 23.9 Å². The first-order valence-electron chi connectivity index (χ1n) is 11.5. The maximum absolute atomic E-state index is 12.4. The molecule has 2 rings (SSSR count). The zero-order valence-corrected chi connectivity index (χ0v) is 23.4. The Morgan fingerprint density at radius 1 is 0.805 bits per heavy atom. The first-order valence-corrected chi connectivity index (χ1v) is 11.5. The molecule has 0 aromatic heterocycles. The largest absolute Gasteiger partial charge is 0.665 e. The number of hydrogen-bond acceptors (Lipinski definition) is 11. The fourth-order valence-corrected chi connectivity index (χ4v) is 4.09. The van der Waals surface area contributed by atoms with E-state index in [0.29, 0.717) is 0 Å². The molecule has 225 valence electrons. The van der Waals surface area contributed by atoms with Crippen LogP contribution in [0.4, 0.5) is 0 Å². The molecule has 0 spiro atoms. The van der Waals surface area contributed by atoms with Gasteiger partial charge >= 0.3 is 17.9 Å². The van der Waals surface area contributed by atoms with Crippen molar-refractivity contribution in [1.29, 1.82) is 0 Å². The summed E-state index contributed by atoms with van der Waals surface area (Å²) in [5.74, 6) is -5.14. The summed E-state index contributed by atoms with van der Waals surface area (Å²) in [5.41, 5.74) is -0.115. The quantitative estimate of drug-likeness (QED) is 0.120. The second kappa shape index (κ2) is 16.3. The van der Waals surface area contributed by atoms with Crippen LogP contribution in [0.2, 0.25) is 0 Å². The summed E-state index contributed by atoms with van der Waals surface area (Å²) in [5, 5.41) is 40.2. The molecule has 1 unspecified atom stereocenters. The number of aromatic hydroxyl groups is 1. The fraction of sp³-hybridized carbons (Fsp3) is 0.308. The Hall–Kier alpha value is -4.04. The summed E-state index contributed by atoms with van der Waals surface area (Å²) < 4.78 is 19.8. The van der Waals surface area contributed by atoms with Crippen molar-refractivity contribution in [3.05, 3.63) is 61.7 Å². The summed E-state index contributed by atoms with van der Waals surface area (Å²) in [6.45, 7) is -2.19. The number of benzene rings is 2. The second-order valence-electron chi connectivity index (χ2n) is 8.31. The van der Waals surface area contributed by atoms with Crippen molar-refractivity contribution < 1.29 is 75.6 Å². The summed E-state index contributed by atoms with van der Waals surface area (Å²) >= 11 is 0. The number of hydrogen-bond donors (Lipinski definition) is 4. The van der Waals surface area contributed by atoms with Crippen molar-refractivity contribution in [2.45, 2.75) is 12.1 Å². The number of methoxy groups -OCH3 is 2. The fourth-order valence-electron chi connectivity index (χ4n) is 4.09. The molecule has 14 nitrogen and oxygen atoms in total. The number of carboxylic acids is 3. The van der Waals surface area contributed by atoms with Gasteiger partial charge in [-0.1, -0.05) is 0 Å². The molecule has 15 heteroatoms. The topological polar surface area (TPSA) is 193 Å². The maximum Gasteiger partial charge on any atom is 0.325 e. The molecular weight excluding hydrogens is 587 g/mol. The standard InChI is InChI=1S/C26H30N2O12.Mn/c1-37-15-5-7-19(29)17(11-15)23(25(33)34)28(14-22(32)40-4)10-9-27(13-21(30)31)24(26(35)36)18-12-16(38-2)6-8-20(18)39-3;/h5-8,11-12,23-24,29H,3-4,9-10,13-14H2,1-2H3,(H,30,31)(H,33,34)(H,35,36);/q-2;/t23-,24?;/m0./s1. The van der Waals surface area contributed by atoms with E-state index in [1.807, 2.05) is 0 Å². The molecule has 4 N–H and O–H groups in total. The van der Waals surface area contributed by atoms with Gasteiger partial charge in [-0.15, -0.1) is 0 Å². The molecule has 1 radical (unpaired) electrons. The third-order valence-corrected chi connectivity index (χ3v) is 5.90. The number of carboxylic acid groups (broad SMARTS) is 3. The summed E-state index contributed by atoms with van der Waals surface area (Å²) in [6, 6.07) is 4.85. The van der Waals surface area contributed by atoms with Gasteiger partial charge in [0.1, 0.15) is 29.3 Å². The van der Waals surface area contributed by atoms with E-state index in [-0.39, 0.29) is 58.5 Å². The van der Waals surface area contributed by atoms with Gasteiger partial charge in [0.15, 0.2) is 0 Å². The number of phenolic OH excluding ortho intramolecular Hbond substituents is 1. The van der Waals surface area contributed by atoms with Crippen molar-refractivity contribution in [3.8, 4) is 23.0 Å². The Labute approximate surface area is 246 Å². The average Bonchev–Trinajstić information content (AvgIpc) is 2.91. The molecule has 0 aliphatic carbocycles. The Balaban J connectivity index is 0.00000840. The number of aliphatic carboxylic acids is 3. The van der Waals surface area contributed by atoms with Gasteiger partial charge in [0, 0.05) is 41.3 Å². The molecule has 0 fully saturated rings. The van der Waals surface area contributed by atoms with E-state index in [2.05, 4.69) is 19.0 Å². The van der Waals surface area contributed by atoms with Crippen LogP contribution < -0.4 is 14.2 Å². The van der Waals surface area contributed by atoms with Crippen LogP contribution in [0.5, 0.6) is 23.0 Å². The molecule has 0 saturated carbocycles.